The molecule has 0 atom stereocenters. The van der Waals surface area contributed by atoms with Gasteiger partial charge in [0.2, 0.25) is 11.8 Å². The number of ether oxygens (including phenoxy) is 1. The Hall–Kier alpha value is -2.30. The van der Waals surface area contributed by atoms with Crippen molar-refractivity contribution in [2.75, 3.05) is 33.3 Å². The number of methoxy groups -OCH3 is 1. The number of piperazine rings is 1. The number of nitrogens with zero attached hydrogens (tertiary/aromatic N) is 2. The first kappa shape index (κ1) is 19.0. The second-order valence-electron chi connectivity index (χ2n) is 7.45. The zero-order valence-corrected chi connectivity index (χ0v) is 15.8. The van der Waals surface area contributed by atoms with E-state index in [4.69, 9.17) is 4.74 Å². The number of carbonyl (C=O) groups excluding carboxylic acids is 2. The van der Waals surface area contributed by atoms with E-state index in [0.717, 1.165) is 16.9 Å². The summed E-state index contributed by atoms with van der Waals surface area (Å²) in [7, 11) is 1.62. The average molecular weight is 344 g/mol. The molecule has 0 saturated carbocycles. The van der Waals surface area contributed by atoms with Crippen LogP contribution in [0.5, 0.6) is 5.75 Å². The van der Waals surface area contributed by atoms with Crippen LogP contribution < -0.4 is 4.74 Å². The van der Waals surface area contributed by atoms with Gasteiger partial charge in [-0.3, -0.25) is 9.59 Å². The van der Waals surface area contributed by atoms with Gasteiger partial charge in [0.05, 0.1) is 7.11 Å². The van der Waals surface area contributed by atoms with Crippen molar-refractivity contribution in [1.29, 1.82) is 0 Å². The molecule has 1 aliphatic rings. The summed E-state index contributed by atoms with van der Waals surface area (Å²) in [5.74, 6) is 0.848. The smallest absolute Gasteiger partial charge is 0.246 e. The normalized spacial score (nSPS) is 15.6. The lowest BCUT2D eigenvalue weighted by molar-refractivity contribution is -0.143. The monoisotopic (exact) mass is 344 g/mol. The first-order chi connectivity index (χ1) is 11.7. The van der Waals surface area contributed by atoms with Crippen molar-refractivity contribution in [2.45, 2.75) is 27.7 Å². The van der Waals surface area contributed by atoms with E-state index in [9.17, 15) is 9.59 Å². The third kappa shape index (κ3) is 4.84. The fraction of sp³-hybridized carbons (Fsp3) is 0.500. The molecular weight excluding hydrogens is 316 g/mol. The highest BCUT2D eigenvalue weighted by atomic mass is 16.5. The molecule has 0 radical (unpaired) electrons. The van der Waals surface area contributed by atoms with E-state index in [1.807, 2.05) is 50.8 Å². The molecule has 0 unspecified atom stereocenters. The second-order valence-corrected chi connectivity index (χ2v) is 7.45. The summed E-state index contributed by atoms with van der Waals surface area (Å²) in [6.45, 7) is 10.1. The molecule has 1 aromatic rings. The summed E-state index contributed by atoms with van der Waals surface area (Å²) in [5, 5.41) is 0. The van der Waals surface area contributed by atoms with Gasteiger partial charge in [-0.1, -0.05) is 32.4 Å². The summed E-state index contributed by atoms with van der Waals surface area (Å²) in [6, 6.07) is 5.86. The van der Waals surface area contributed by atoms with Gasteiger partial charge in [-0.05, 0) is 25.1 Å². The maximum absolute atomic E-state index is 12.4. The summed E-state index contributed by atoms with van der Waals surface area (Å²) >= 11 is 0. The quantitative estimate of drug-likeness (QED) is 0.792. The Bertz CT molecular complexity index is 666. The van der Waals surface area contributed by atoms with Gasteiger partial charge >= 0.3 is 0 Å². The molecule has 1 aliphatic heterocycles. The standard InChI is InChI=1S/C20H28N2O3/c1-15-6-8-17(25-5)16(14-15)7-9-18(23)21-10-12-22(13-11-21)19(24)20(2,3)4/h6-9,14H,10-13H2,1-5H3/b9-7+. The van der Waals surface area contributed by atoms with Crippen LogP contribution >= 0.6 is 0 Å². The molecule has 1 aromatic carbocycles. The van der Waals surface area contributed by atoms with E-state index >= 15 is 0 Å². The van der Waals surface area contributed by atoms with Crippen LogP contribution in [0, 0.1) is 12.3 Å². The van der Waals surface area contributed by atoms with Crippen LogP contribution in [0.25, 0.3) is 6.08 Å². The van der Waals surface area contributed by atoms with Crippen LogP contribution in [0.1, 0.15) is 31.9 Å². The topological polar surface area (TPSA) is 49.9 Å². The van der Waals surface area contributed by atoms with Gasteiger partial charge in [-0.25, -0.2) is 0 Å². The van der Waals surface area contributed by atoms with E-state index in [2.05, 4.69) is 0 Å². The lowest BCUT2D eigenvalue weighted by Crippen LogP contribution is -2.52. The van der Waals surface area contributed by atoms with Gasteiger partial charge in [-0.2, -0.15) is 0 Å². The highest BCUT2D eigenvalue weighted by molar-refractivity contribution is 5.92. The number of carbonyl (C=O) groups is 2. The van der Waals surface area contributed by atoms with E-state index in [0.29, 0.717) is 26.2 Å². The van der Waals surface area contributed by atoms with Crippen molar-refractivity contribution >= 4 is 17.9 Å². The van der Waals surface area contributed by atoms with Gasteiger partial charge in [0.25, 0.3) is 0 Å². The van der Waals surface area contributed by atoms with Crippen molar-refractivity contribution in [3.63, 3.8) is 0 Å². The average Bonchev–Trinajstić information content (AvgIpc) is 2.58. The van der Waals surface area contributed by atoms with E-state index in [1.54, 1.807) is 24.2 Å². The molecule has 0 aliphatic carbocycles. The Morgan fingerprint density at radius 2 is 1.68 bits per heavy atom. The van der Waals surface area contributed by atoms with Gasteiger partial charge in [-0.15, -0.1) is 0 Å². The van der Waals surface area contributed by atoms with Gasteiger partial charge in [0.1, 0.15) is 5.75 Å². The third-order valence-electron chi connectivity index (χ3n) is 4.31. The van der Waals surface area contributed by atoms with Crippen LogP contribution in [0.3, 0.4) is 0 Å². The molecule has 136 valence electrons. The zero-order chi connectivity index (χ0) is 18.6. The van der Waals surface area contributed by atoms with E-state index in [1.165, 1.54) is 0 Å². The molecule has 0 aromatic heterocycles. The summed E-state index contributed by atoms with van der Waals surface area (Å²) in [4.78, 5) is 28.4. The van der Waals surface area contributed by atoms with Gasteiger partial charge < -0.3 is 14.5 Å². The Kier molecular flexibility index (Phi) is 5.88. The lowest BCUT2D eigenvalue weighted by atomic mass is 9.94. The molecule has 25 heavy (non-hydrogen) atoms. The van der Waals surface area contributed by atoms with Crippen LogP contribution in [-0.2, 0) is 9.59 Å². The van der Waals surface area contributed by atoms with Crippen molar-refractivity contribution in [3.8, 4) is 5.75 Å². The molecule has 2 rings (SSSR count). The highest BCUT2D eigenvalue weighted by Gasteiger charge is 2.30. The summed E-state index contributed by atoms with van der Waals surface area (Å²) < 4.78 is 5.33. The summed E-state index contributed by atoms with van der Waals surface area (Å²) in [5.41, 5.74) is 1.62. The maximum atomic E-state index is 12.4. The molecule has 0 spiro atoms. The summed E-state index contributed by atoms with van der Waals surface area (Å²) in [6.07, 6.45) is 3.37. The second kappa shape index (κ2) is 7.72. The number of amides is 2. The van der Waals surface area contributed by atoms with Crippen LogP contribution in [0.4, 0.5) is 0 Å². The minimum absolute atomic E-state index is 0.0357. The number of rotatable bonds is 3. The molecule has 2 amide bonds. The Balaban J connectivity index is 1.97. The lowest BCUT2D eigenvalue weighted by Gasteiger charge is -2.37. The number of hydrogen-bond acceptors (Lipinski definition) is 3. The van der Waals surface area contributed by atoms with Crippen LogP contribution in [0.2, 0.25) is 0 Å². The zero-order valence-electron chi connectivity index (χ0n) is 15.8. The number of aryl methyl sites for hydroxylation is 1. The van der Waals surface area contributed by atoms with Crippen molar-refractivity contribution in [3.05, 3.63) is 35.4 Å². The maximum Gasteiger partial charge on any atom is 0.246 e. The molecule has 1 saturated heterocycles. The SMILES string of the molecule is COc1ccc(C)cc1/C=C/C(=O)N1CCN(C(=O)C(C)(C)C)CC1. The fourth-order valence-corrected chi connectivity index (χ4v) is 2.85. The Morgan fingerprint density at radius 3 is 2.24 bits per heavy atom. The third-order valence-corrected chi connectivity index (χ3v) is 4.31. The van der Waals surface area contributed by atoms with Gasteiger partial charge in [0, 0.05) is 43.2 Å². The Morgan fingerprint density at radius 1 is 1.08 bits per heavy atom. The first-order valence-corrected chi connectivity index (χ1v) is 8.63. The number of benzene rings is 1. The largest absolute Gasteiger partial charge is 0.496 e. The van der Waals surface area contributed by atoms with Crippen molar-refractivity contribution < 1.29 is 14.3 Å². The predicted octanol–water partition coefficient (Wildman–Crippen LogP) is 2.73. The van der Waals surface area contributed by atoms with Crippen LogP contribution in [0.15, 0.2) is 24.3 Å². The van der Waals surface area contributed by atoms with Crippen LogP contribution in [-0.4, -0.2) is 54.9 Å². The van der Waals surface area contributed by atoms with E-state index in [-0.39, 0.29) is 17.2 Å². The molecule has 1 heterocycles. The number of hydrogen-bond donors (Lipinski definition) is 0. The highest BCUT2D eigenvalue weighted by Crippen LogP contribution is 2.21. The molecule has 1 fully saturated rings. The van der Waals surface area contributed by atoms with Crippen molar-refractivity contribution in [2.24, 2.45) is 5.41 Å². The minimum Gasteiger partial charge on any atom is -0.496 e. The fourth-order valence-electron chi connectivity index (χ4n) is 2.85. The first-order valence-electron chi connectivity index (χ1n) is 8.63. The Labute approximate surface area is 150 Å². The molecular formula is C20H28N2O3. The predicted molar refractivity (Wildman–Crippen MR) is 99.4 cm³/mol. The molecule has 0 N–H and O–H groups in total. The molecule has 5 nitrogen and oxygen atoms in total. The van der Waals surface area contributed by atoms with E-state index < -0.39 is 0 Å². The minimum atomic E-state index is -0.381. The van der Waals surface area contributed by atoms with Crippen molar-refractivity contribution in [1.82, 2.24) is 9.80 Å². The van der Waals surface area contributed by atoms with Gasteiger partial charge in [0.15, 0.2) is 0 Å². The molecule has 0 bridgehead atoms. The molecule has 5 heteroatoms.